The molecule has 1 saturated heterocycles. The van der Waals surface area contributed by atoms with Gasteiger partial charge in [-0.3, -0.25) is 13.9 Å². The Morgan fingerprint density at radius 2 is 1.76 bits per heavy atom. The first-order valence-electron chi connectivity index (χ1n) is 11.1. The average Bonchev–Trinajstić information content (AvgIpc) is 2.85. The summed E-state index contributed by atoms with van der Waals surface area (Å²) in [6.07, 6.45) is 2.46. The number of ether oxygens (including phenoxy) is 2. The predicted molar refractivity (Wildman–Crippen MR) is 130 cm³/mol. The molecule has 1 heterocycles. The lowest BCUT2D eigenvalue weighted by Crippen LogP contribution is -2.41. The summed E-state index contributed by atoms with van der Waals surface area (Å²) in [6, 6.07) is 13.9. The Morgan fingerprint density at radius 3 is 2.41 bits per heavy atom. The fourth-order valence-corrected chi connectivity index (χ4v) is 4.58. The molecule has 0 aromatic heterocycles. The largest absolute Gasteiger partial charge is 0.496 e. The van der Waals surface area contributed by atoms with Gasteiger partial charge in [0.15, 0.2) is 0 Å². The van der Waals surface area contributed by atoms with Crippen LogP contribution in [0.2, 0.25) is 0 Å². The number of carbonyl (C=O) groups excluding carboxylic acids is 2. The summed E-state index contributed by atoms with van der Waals surface area (Å²) in [5.74, 6) is 0.264. The summed E-state index contributed by atoms with van der Waals surface area (Å²) in [5.41, 5.74) is 1.83. The smallest absolute Gasteiger partial charge is 0.254 e. The zero-order valence-electron chi connectivity index (χ0n) is 19.5. The number of morpholine rings is 1. The number of methoxy groups -OCH3 is 1. The molecule has 1 aliphatic heterocycles. The molecule has 1 fully saturated rings. The van der Waals surface area contributed by atoms with E-state index in [0.29, 0.717) is 50.5 Å². The zero-order valence-corrected chi connectivity index (χ0v) is 20.3. The number of anilines is 1. The Kier molecular flexibility index (Phi) is 8.89. The first kappa shape index (κ1) is 25.5. The van der Waals surface area contributed by atoms with E-state index in [4.69, 9.17) is 9.47 Å². The Morgan fingerprint density at radius 1 is 1.09 bits per heavy atom. The molecule has 10 heteroatoms. The molecule has 0 bridgehead atoms. The molecule has 2 aromatic carbocycles. The van der Waals surface area contributed by atoms with E-state index in [-0.39, 0.29) is 12.5 Å². The van der Waals surface area contributed by atoms with Crippen molar-refractivity contribution in [2.75, 3.05) is 57.1 Å². The summed E-state index contributed by atoms with van der Waals surface area (Å²) in [4.78, 5) is 26.8. The number of sulfonamides is 1. The number of aryl methyl sites for hydroxylation is 1. The Labute approximate surface area is 200 Å². The highest BCUT2D eigenvalue weighted by molar-refractivity contribution is 7.92. The van der Waals surface area contributed by atoms with Crippen LogP contribution in [0.1, 0.15) is 22.3 Å². The van der Waals surface area contributed by atoms with E-state index in [1.165, 1.54) is 0 Å². The minimum Gasteiger partial charge on any atom is -0.496 e. The van der Waals surface area contributed by atoms with Crippen molar-refractivity contribution in [3.8, 4) is 5.75 Å². The molecule has 34 heavy (non-hydrogen) atoms. The molecule has 1 N–H and O–H groups in total. The molecule has 0 atom stereocenters. The van der Waals surface area contributed by atoms with Crippen LogP contribution >= 0.6 is 0 Å². The van der Waals surface area contributed by atoms with E-state index in [9.17, 15) is 18.0 Å². The topological polar surface area (TPSA) is 105 Å². The maximum atomic E-state index is 12.6. The van der Waals surface area contributed by atoms with Gasteiger partial charge in [-0.05, 0) is 48.7 Å². The molecule has 3 rings (SSSR count). The molecule has 0 spiro atoms. The Bertz CT molecular complexity index is 1080. The van der Waals surface area contributed by atoms with Gasteiger partial charge >= 0.3 is 0 Å². The van der Waals surface area contributed by atoms with Crippen LogP contribution in [-0.2, 0) is 26.0 Å². The summed E-state index contributed by atoms with van der Waals surface area (Å²) in [7, 11) is -2.09. The number of amides is 2. The number of nitrogens with zero attached hydrogens (tertiary/aromatic N) is 2. The van der Waals surface area contributed by atoms with Crippen LogP contribution in [0, 0.1) is 0 Å². The van der Waals surface area contributed by atoms with E-state index in [1.807, 2.05) is 24.3 Å². The van der Waals surface area contributed by atoms with Gasteiger partial charge in [0.05, 0.1) is 32.3 Å². The molecule has 9 nitrogen and oxygen atoms in total. The lowest BCUT2D eigenvalue weighted by molar-refractivity contribution is -0.119. The van der Waals surface area contributed by atoms with Crippen LogP contribution in [0.25, 0.3) is 0 Å². The molecule has 0 saturated carbocycles. The number of nitrogens with one attached hydrogen (secondary N) is 1. The molecule has 0 radical (unpaired) electrons. The van der Waals surface area contributed by atoms with Crippen molar-refractivity contribution in [2.24, 2.45) is 0 Å². The third-order valence-electron chi connectivity index (χ3n) is 5.53. The van der Waals surface area contributed by atoms with Crippen LogP contribution in [0.3, 0.4) is 0 Å². The summed E-state index contributed by atoms with van der Waals surface area (Å²) in [5, 5.41) is 2.78. The SMILES string of the molecule is COc1ccccc1CCCNC(=O)CN(c1ccc(C(=O)N2CCOCC2)cc1)S(C)(=O)=O. The fourth-order valence-electron chi connectivity index (χ4n) is 3.72. The molecule has 1 aliphatic rings. The quantitative estimate of drug-likeness (QED) is 0.509. The monoisotopic (exact) mass is 489 g/mol. The van der Waals surface area contributed by atoms with Crippen LogP contribution in [0.5, 0.6) is 5.75 Å². The van der Waals surface area contributed by atoms with Gasteiger partial charge in [-0.1, -0.05) is 18.2 Å². The predicted octanol–water partition coefficient (Wildman–Crippen LogP) is 1.68. The second-order valence-electron chi connectivity index (χ2n) is 7.99. The van der Waals surface area contributed by atoms with Crippen molar-refractivity contribution in [2.45, 2.75) is 12.8 Å². The van der Waals surface area contributed by atoms with Crippen molar-refractivity contribution in [1.29, 1.82) is 0 Å². The van der Waals surface area contributed by atoms with Crippen LogP contribution < -0.4 is 14.4 Å². The molecule has 184 valence electrons. The Balaban J connectivity index is 1.57. The van der Waals surface area contributed by atoms with Crippen LogP contribution in [-0.4, -0.2) is 77.9 Å². The molecule has 0 unspecified atom stereocenters. The first-order chi connectivity index (χ1) is 16.3. The number of para-hydroxylation sites is 1. The first-order valence-corrected chi connectivity index (χ1v) is 13.0. The Hall–Kier alpha value is -3.11. The van der Waals surface area contributed by atoms with Gasteiger partial charge in [-0.2, -0.15) is 0 Å². The maximum absolute atomic E-state index is 12.6. The van der Waals surface area contributed by atoms with Crippen molar-refractivity contribution in [3.05, 3.63) is 59.7 Å². The van der Waals surface area contributed by atoms with Gasteiger partial charge in [0.1, 0.15) is 12.3 Å². The second-order valence-corrected chi connectivity index (χ2v) is 9.89. The zero-order chi connectivity index (χ0) is 24.6. The third-order valence-corrected chi connectivity index (χ3v) is 6.67. The lowest BCUT2D eigenvalue weighted by Gasteiger charge is -2.27. The van der Waals surface area contributed by atoms with Gasteiger partial charge < -0.3 is 19.7 Å². The average molecular weight is 490 g/mol. The van der Waals surface area contributed by atoms with E-state index in [0.717, 1.165) is 28.3 Å². The number of hydrogen-bond acceptors (Lipinski definition) is 6. The third kappa shape index (κ3) is 6.94. The highest BCUT2D eigenvalue weighted by atomic mass is 32.2. The van der Waals surface area contributed by atoms with Crippen molar-refractivity contribution in [1.82, 2.24) is 10.2 Å². The number of carbonyl (C=O) groups is 2. The second kappa shape index (κ2) is 11.8. The van der Waals surface area contributed by atoms with Crippen molar-refractivity contribution >= 4 is 27.5 Å². The highest BCUT2D eigenvalue weighted by Gasteiger charge is 2.22. The highest BCUT2D eigenvalue weighted by Crippen LogP contribution is 2.20. The van der Waals surface area contributed by atoms with Crippen LogP contribution in [0.4, 0.5) is 5.69 Å². The molecular weight excluding hydrogens is 458 g/mol. The van der Waals surface area contributed by atoms with Gasteiger partial charge in [0.25, 0.3) is 5.91 Å². The van der Waals surface area contributed by atoms with Crippen molar-refractivity contribution in [3.63, 3.8) is 0 Å². The van der Waals surface area contributed by atoms with Crippen LogP contribution in [0.15, 0.2) is 48.5 Å². The molecular formula is C24H31N3O6S. The van der Waals surface area contributed by atoms with Gasteiger partial charge in [0, 0.05) is 25.2 Å². The number of rotatable bonds is 10. The van der Waals surface area contributed by atoms with Gasteiger partial charge in [0.2, 0.25) is 15.9 Å². The standard InChI is InChI=1S/C24H31N3O6S/c1-32-22-8-4-3-6-19(22)7-5-13-25-23(28)18-27(34(2,30)31)21-11-9-20(10-12-21)24(29)26-14-16-33-17-15-26/h3-4,6,8-12H,5,7,13-18H2,1-2H3,(H,25,28). The van der Waals surface area contributed by atoms with E-state index >= 15 is 0 Å². The van der Waals surface area contributed by atoms with E-state index in [1.54, 1.807) is 36.3 Å². The summed E-state index contributed by atoms with van der Waals surface area (Å²) < 4.78 is 36.4. The van der Waals surface area contributed by atoms with Gasteiger partial charge in [-0.25, -0.2) is 8.42 Å². The lowest BCUT2D eigenvalue weighted by atomic mass is 10.1. The number of benzene rings is 2. The minimum absolute atomic E-state index is 0.131. The minimum atomic E-state index is -3.71. The van der Waals surface area contributed by atoms with Gasteiger partial charge in [-0.15, -0.1) is 0 Å². The molecule has 2 aromatic rings. The fraction of sp³-hybridized carbons (Fsp3) is 0.417. The van der Waals surface area contributed by atoms with E-state index in [2.05, 4.69) is 5.32 Å². The maximum Gasteiger partial charge on any atom is 0.254 e. The molecule has 2 amide bonds. The summed E-state index contributed by atoms with van der Waals surface area (Å²) >= 11 is 0. The summed E-state index contributed by atoms with van der Waals surface area (Å²) in [6.45, 7) is 2.10. The number of hydrogen-bond donors (Lipinski definition) is 1. The molecule has 0 aliphatic carbocycles. The van der Waals surface area contributed by atoms with Crippen molar-refractivity contribution < 1.29 is 27.5 Å². The normalized spacial score (nSPS) is 13.9. The van der Waals surface area contributed by atoms with E-state index < -0.39 is 15.9 Å².